The topological polar surface area (TPSA) is 67.3 Å². The Hall–Kier alpha value is -3.67. The van der Waals surface area contributed by atoms with E-state index in [1.165, 1.54) is 31.0 Å². The van der Waals surface area contributed by atoms with Gasteiger partial charge in [0.05, 0.1) is 12.8 Å². The van der Waals surface area contributed by atoms with E-state index in [0.29, 0.717) is 11.7 Å². The van der Waals surface area contributed by atoms with Crippen LogP contribution < -0.4 is 15.0 Å². The number of aryl methyl sites for hydroxylation is 1. The molecule has 1 aliphatic rings. The molecule has 3 aromatic rings. The van der Waals surface area contributed by atoms with Crippen molar-refractivity contribution in [1.29, 1.82) is 0 Å². The molecule has 0 unspecified atom stereocenters. The maximum absolute atomic E-state index is 11.9. The van der Waals surface area contributed by atoms with E-state index in [1.54, 1.807) is 7.11 Å². The lowest BCUT2D eigenvalue weighted by Crippen LogP contribution is -2.29. The molecule has 0 bridgehead atoms. The number of carbonyl (C=O) groups is 1. The predicted molar refractivity (Wildman–Crippen MR) is 133 cm³/mol. The number of allylic oxidation sites excluding steroid dienone is 1. The van der Waals surface area contributed by atoms with E-state index in [1.807, 2.05) is 37.4 Å². The van der Waals surface area contributed by atoms with E-state index in [0.717, 1.165) is 41.2 Å². The van der Waals surface area contributed by atoms with E-state index in [-0.39, 0.29) is 12.2 Å². The number of ketones is 1. The van der Waals surface area contributed by atoms with Gasteiger partial charge in [0.15, 0.2) is 5.78 Å². The standard InChI is InChI=1S/C27H30N4O2/c1-4-24(32)14-20-13-21(16-25(15-20)33-3)26-19(2)18-28-27(30-26)29-22-9-8-10-23(17-22)31-11-6-5-7-12-31/h4,8-10,13,15-18H,1,5-7,11-12,14H2,2-3H3,(H,28,29,30). The number of methoxy groups -OCH3 is 1. The molecule has 1 aliphatic heterocycles. The van der Waals surface area contributed by atoms with Gasteiger partial charge in [-0.1, -0.05) is 12.6 Å². The Labute approximate surface area is 195 Å². The second kappa shape index (κ2) is 10.3. The molecule has 6 heteroatoms. The van der Waals surface area contributed by atoms with E-state index >= 15 is 0 Å². The van der Waals surface area contributed by atoms with Gasteiger partial charge in [0.25, 0.3) is 0 Å². The van der Waals surface area contributed by atoms with Gasteiger partial charge in [-0.2, -0.15) is 0 Å². The highest BCUT2D eigenvalue weighted by molar-refractivity contribution is 5.91. The lowest BCUT2D eigenvalue weighted by Gasteiger charge is -2.29. The van der Waals surface area contributed by atoms with Crippen molar-refractivity contribution in [3.05, 3.63) is 72.4 Å². The molecule has 2 heterocycles. The number of anilines is 3. The van der Waals surface area contributed by atoms with Gasteiger partial charge < -0.3 is 15.0 Å². The van der Waals surface area contributed by atoms with E-state index in [4.69, 9.17) is 9.72 Å². The minimum atomic E-state index is -0.0374. The number of carbonyl (C=O) groups excluding carboxylic acids is 1. The normalized spacial score (nSPS) is 13.5. The lowest BCUT2D eigenvalue weighted by atomic mass is 10.0. The molecule has 0 atom stereocenters. The summed E-state index contributed by atoms with van der Waals surface area (Å²) >= 11 is 0. The molecule has 0 spiro atoms. The Morgan fingerprint density at radius 2 is 2.00 bits per heavy atom. The fourth-order valence-corrected chi connectivity index (χ4v) is 4.15. The number of hydrogen-bond acceptors (Lipinski definition) is 6. The Balaban J connectivity index is 1.62. The summed E-state index contributed by atoms with van der Waals surface area (Å²) in [5.41, 5.74) is 5.65. The van der Waals surface area contributed by atoms with Crippen molar-refractivity contribution in [2.45, 2.75) is 32.6 Å². The number of piperidine rings is 1. The molecule has 1 saturated heterocycles. The van der Waals surface area contributed by atoms with Crippen LogP contribution in [0.1, 0.15) is 30.4 Å². The summed E-state index contributed by atoms with van der Waals surface area (Å²) in [4.78, 5) is 23.6. The summed E-state index contributed by atoms with van der Waals surface area (Å²) < 4.78 is 5.47. The van der Waals surface area contributed by atoms with Crippen molar-refractivity contribution in [1.82, 2.24) is 9.97 Å². The minimum Gasteiger partial charge on any atom is -0.497 e. The Kier molecular flexibility index (Phi) is 7.03. The lowest BCUT2D eigenvalue weighted by molar-refractivity contribution is -0.114. The first kappa shape index (κ1) is 22.5. The van der Waals surface area contributed by atoms with Gasteiger partial charge in [-0.15, -0.1) is 0 Å². The fourth-order valence-electron chi connectivity index (χ4n) is 4.15. The van der Waals surface area contributed by atoms with Crippen LogP contribution in [-0.2, 0) is 11.2 Å². The fraction of sp³-hybridized carbons (Fsp3) is 0.296. The zero-order valence-corrected chi connectivity index (χ0v) is 19.3. The van der Waals surface area contributed by atoms with Gasteiger partial charge in [-0.25, -0.2) is 9.97 Å². The SMILES string of the molecule is C=CC(=O)Cc1cc(OC)cc(-c2nc(Nc3cccc(N4CCCCC4)c3)ncc2C)c1. The highest BCUT2D eigenvalue weighted by atomic mass is 16.5. The van der Waals surface area contributed by atoms with Crippen molar-refractivity contribution in [2.24, 2.45) is 0 Å². The van der Waals surface area contributed by atoms with Crippen molar-refractivity contribution >= 4 is 23.1 Å². The number of ether oxygens (including phenoxy) is 1. The van der Waals surface area contributed by atoms with Crippen LogP contribution in [0.25, 0.3) is 11.3 Å². The number of rotatable bonds is 8. The first-order chi connectivity index (χ1) is 16.1. The van der Waals surface area contributed by atoms with Gasteiger partial charge in [0, 0.05) is 42.6 Å². The van der Waals surface area contributed by atoms with Crippen LogP contribution in [0.3, 0.4) is 0 Å². The molecular formula is C27H30N4O2. The van der Waals surface area contributed by atoms with E-state index in [2.05, 4.69) is 40.0 Å². The molecule has 170 valence electrons. The average molecular weight is 443 g/mol. The quantitative estimate of drug-likeness (QED) is 0.465. The Morgan fingerprint density at radius 3 is 2.76 bits per heavy atom. The van der Waals surface area contributed by atoms with Gasteiger partial charge in [0.1, 0.15) is 5.75 Å². The van der Waals surface area contributed by atoms with Crippen molar-refractivity contribution in [3.63, 3.8) is 0 Å². The monoisotopic (exact) mass is 442 g/mol. The molecule has 1 fully saturated rings. The van der Waals surface area contributed by atoms with Gasteiger partial charge in [-0.05, 0) is 79.8 Å². The van der Waals surface area contributed by atoms with Crippen LogP contribution >= 0.6 is 0 Å². The molecule has 33 heavy (non-hydrogen) atoms. The molecule has 2 aromatic carbocycles. The molecule has 1 aromatic heterocycles. The maximum atomic E-state index is 11.9. The molecule has 0 aliphatic carbocycles. The number of hydrogen-bond donors (Lipinski definition) is 1. The third-order valence-electron chi connectivity index (χ3n) is 5.88. The first-order valence-corrected chi connectivity index (χ1v) is 11.3. The van der Waals surface area contributed by atoms with Crippen molar-refractivity contribution < 1.29 is 9.53 Å². The molecule has 0 radical (unpaired) electrons. The van der Waals surface area contributed by atoms with Gasteiger partial charge >= 0.3 is 0 Å². The summed E-state index contributed by atoms with van der Waals surface area (Å²) in [5.74, 6) is 1.17. The smallest absolute Gasteiger partial charge is 0.227 e. The van der Waals surface area contributed by atoms with E-state index in [9.17, 15) is 4.79 Å². The zero-order valence-electron chi connectivity index (χ0n) is 19.3. The molecular weight excluding hydrogens is 412 g/mol. The van der Waals surface area contributed by atoms with Crippen LogP contribution in [0.5, 0.6) is 5.75 Å². The van der Waals surface area contributed by atoms with E-state index < -0.39 is 0 Å². The maximum Gasteiger partial charge on any atom is 0.227 e. The third-order valence-corrected chi connectivity index (χ3v) is 5.88. The molecule has 0 amide bonds. The molecule has 0 saturated carbocycles. The summed E-state index contributed by atoms with van der Waals surface area (Å²) in [6, 6.07) is 14.2. The second-order valence-electron chi connectivity index (χ2n) is 8.37. The Morgan fingerprint density at radius 1 is 1.18 bits per heavy atom. The van der Waals surface area contributed by atoms with Gasteiger partial charge in [0.2, 0.25) is 5.95 Å². The minimum absolute atomic E-state index is 0.0374. The highest BCUT2D eigenvalue weighted by Gasteiger charge is 2.13. The second-order valence-corrected chi connectivity index (χ2v) is 8.37. The van der Waals surface area contributed by atoms with Crippen LogP contribution in [0, 0.1) is 6.92 Å². The number of benzene rings is 2. The van der Waals surface area contributed by atoms with Crippen LogP contribution in [0.4, 0.5) is 17.3 Å². The average Bonchev–Trinajstić information content (AvgIpc) is 2.85. The Bertz CT molecular complexity index is 1150. The highest BCUT2D eigenvalue weighted by Crippen LogP contribution is 2.29. The number of nitrogens with one attached hydrogen (secondary N) is 1. The summed E-state index contributed by atoms with van der Waals surface area (Å²) in [7, 11) is 1.62. The predicted octanol–water partition coefficient (Wildman–Crippen LogP) is 5.49. The number of aromatic nitrogens is 2. The number of nitrogens with zero attached hydrogens (tertiary/aromatic N) is 3. The van der Waals surface area contributed by atoms with Crippen molar-refractivity contribution in [3.8, 4) is 17.0 Å². The molecule has 6 nitrogen and oxygen atoms in total. The first-order valence-electron chi connectivity index (χ1n) is 11.3. The summed E-state index contributed by atoms with van der Waals surface area (Å²) in [6.07, 6.45) is 7.21. The van der Waals surface area contributed by atoms with Crippen LogP contribution in [0.2, 0.25) is 0 Å². The summed E-state index contributed by atoms with van der Waals surface area (Å²) in [5, 5.41) is 3.36. The third kappa shape index (κ3) is 5.58. The van der Waals surface area contributed by atoms with Crippen molar-refractivity contribution in [2.75, 3.05) is 30.4 Å². The molecule has 1 N–H and O–H groups in total. The molecule has 4 rings (SSSR count). The van der Waals surface area contributed by atoms with Crippen LogP contribution in [-0.4, -0.2) is 36.0 Å². The summed E-state index contributed by atoms with van der Waals surface area (Å²) in [6.45, 7) is 7.74. The van der Waals surface area contributed by atoms with Gasteiger partial charge in [-0.3, -0.25) is 4.79 Å². The largest absolute Gasteiger partial charge is 0.497 e. The van der Waals surface area contributed by atoms with Crippen LogP contribution in [0.15, 0.2) is 61.3 Å². The zero-order chi connectivity index (χ0) is 23.2.